The number of morpholine rings is 1. The predicted octanol–water partition coefficient (Wildman–Crippen LogP) is 2.99. The molecule has 2 aromatic rings. The van der Waals surface area contributed by atoms with Gasteiger partial charge in [0.2, 0.25) is 0 Å². The van der Waals surface area contributed by atoms with Crippen LogP contribution in [0.1, 0.15) is 36.9 Å². The molecule has 1 aliphatic heterocycles. The molecule has 0 N–H and O–H groups in total. The minimum absolute atomic E-state index is 0.0254. The smallest absolute Gasteiger partial charge is 0.163 e. The predicted molar refractivity (Wildman–Crippen MR) is 85.8 cm³/mol. The van der Waals surface area contributed by atoms with E-state index in [4.69, 9.17) is 16.3 Å². The molecule has 0 saturated carbocycles. The van der Waals surface area contributed by atoms with E-state index in [0.717, 1.165) is 30.4 Å². The van der Waals surface area contributed by atoms with Gasteiger partial charge in [-0.15, -0.1) is 10.2 Å². The van der Waals surface area contributed by atoms with Crippen LogP contribution in [0.25, 0.3) is 0 Å². The van der Waals surface area contributed by atoms with Gasteiger partial charge >= 0.3 is 0 Å². The molecular weight excluding hydrogens is 300 g/mol. The molecule has 0 amide bonds. The molecule has 1 aliphatic rings. The van der Waals surface area contributed by atoms with Gasteiger partial charge in [-0.25, -0.2) is 0 Å². The van der Waals surface area contributed by atoms with Crippen LogP contribution in [0, 0.1) is 0 Å². The third-order valence-corrected chi connectivity index (χ3v) is 4.47. The number of hydrogen-bond donors (Lipinski definition) is 0. The maximum absolute atomic E-state index is 6.00. The van der Waals surface area contributed by atoms with Crippen molar-refractivity contribution < 1.29 is 4.74 Å². The molecular formula is C16H21ClN4O. The highest BCUT2D eigenvalue weighted by Gasteiger charge is 2.29. The fourth-order valence-electron chi connectivity index (χ4n) is 3.08. The first kappa shape index (κ1) is 15.5. The van der Waals surface area contributed by atoms with Gasteiger partial charge < -0.3 is 9.30 Å². The summed E-state index contributed by atoms with van der Waals surface area (Å²) in [5.74, 6) is 0.885. The van der Waals surface area contributed by atoms with Crippen LogP contribution >= 0.6 is 11.6 Å². The lowest BCUT2D eigenvalue weighted by molar-refractivity contribution is -0.0513. The lowest BCUT2D eigenvalue weighted by Crippen LogP contribution is -2.41. The first-order valence-electron chi connectivity index (χ1n) is 7.64. The van der Waals surface area contributed by atoms with Crippen LogP contribution in [-0.4, -0.2) is 39.4 Å². The zero-order valence-electron chi connectivity index (χ0n) is 12.9. The molecule has 6 heteroatoms. The van der Waals surface area contributed by atoms with Gasteiger partial charge in [0.15, 0.2) is 5.82 Å². The summed E-state index contributed by atoms with van der Waals surface area (Å²) in [4.78, 5) is 2.46. The van der Waals surface area contributed by atoms with E-state index in [1.807, 2.05) is 23.7 Å². The maximum atomic E-state index is 6.00. The molecule has 0 spiro atoms. The Morgan fingerprint density at radius 1 is 1.36 bits per heavy atom. The molecule has 1 saturated heterocycles. The van der Waals surface area contributed by atoms with Crippen LogP contribution in [0.4, 0.5) is 0 Å². The van der Waals surface area contributed by atoms with Gasteiger partial charge in [0.1, 0.15) is 12.4 Å². The van der Waals surface area contributed by atoms with E-state index in [1.54, 1.807) is 6.33 Å². The van der Waals surface area contributed by atoms with Crippen molar-refractivity contribution in [2.75, 3.05) is 19.7 Å². The Kier molecular flexibility index (Phi) is 4.76. The molecule has 0 aliphatic carbocycles. The molecule has 0 bridgehead atoms. The zero-order chi connectivity index (χ0) is 15.5. The average molecular weight is 321 g/mol. The van der Waals surface area contributed by atoms with E-state index in [2.05, 4.69) is 34.2 Å². The number of nitrogens with zero attached hydrogens (tertiary/aromatic N) is 4. The van der Waals surface area contributed by atoms with E-state index in [1.165, 1.54) is 5.56 Å². The largest absolute Gasteiger partial charge is 0.368 e. The van der Waals surface area contributed by atoms with Gasteiger partial charge in [0.25, 0.3) is 0 Å². The number of rotatable bonds is 4. The minimum atomic E-state index is -0.0254. The summed E-state index contributed by atoms with van der Waals surface area (Å²) in [7, 11) is 1.95. The summed E-state index contributed by atoms with van der Waals surface area (Å²) in [6.07, 6.45) is 2.74. The van der Waals surface area contributed by atoms with Crippen molar-refractivity contribution >= 4 is 11.6 Å². The topological polar surface area (TPSA) is 43.2 Å². The first-order valence-corrected chi connectivity index (χ1v) is 8.02. The van der Waals surface area contributed by atoms with Gasteiger partial charge in [-0.1, -0.05) is 30.7 Å². The molecule has 2 atom stereocenters. The highest BCUT2D eigenvalue weighted by atomic mass is 35.5. The summed E-state index contributed by atoms with van der Waals surface area (Å²) >= 11 is 6.00. The molecule has 3 rings (SSSR count). The van der Waals surface area contributed by atoms with E-state index in [9.17, 15) is 0 Å². The van der Waals surface area contributed by atoms with E-state index >= 15 is 0 Å². The molecule has 0 unspecified atom stereocenters. The molecule has 2 heterocycles. The van der Waals surface area contributed by atoms with Crippen LogP contribution in [0.5, 0.6) is 0 Å². The number of benzene rings is 1. The Morgan fingerprint density at radius 2 is 2.14 bits per heavy atom. The highest BCUT2D eigenvalue weighted by Crippen LogP contribution is 2.30. The van der Waals surface area contributed by atoms with Crippen molar-refractivity contribution in [2.45, 2.75) is 25.5 Å². The van der Waals surface area contributed by atoms with Crippen molar-refractivity contribution in [3.63, 3.8) is 0 Å². The fourth-order valence-corrected chi connectivity index (χ4v) is 3.21. The number of halogens is 1. The molecule has 22 heavy (non-hydrogen) atoms. The number of hydrogen-bond acceptors (Lipinski definition) is 4. The Balaban J connectivity index is 1.77. The van der Waals surface area contributed by atoms with Gasteiger partial charge in [0.05, 0.1) is 6.61 Å². The fraction of sp³-hybridized carbons (Fsp3) is 0.500. The monoisotopic (exact) mass is 320 g/mol. The molecule has 1 fully saturated rings. The second kappa shape index (κ2) is 6.77. The summed E-state index contributed by atoms with van der Waals surface area (Å²) < 4.78 is 7.82. The normalized spacial score (nSPS) is 21.0. The second-order valence-electron chi connectivity index (χ2n) is 5.63. The summed E-state index contributed by atoms with van der Waals surface area (Å²) in [6, 6.07) is 8.52. The Labute approximate surface area is 135 Å². The third kappa shape index (κ3) is 3.16. The quantitative estimate of drug-likeness (QED) is 0.868. The maximum Gasteiger partial charge on any atom is 0.163 e. The summed E-state index contributed by atoms with van der Waals surface area (Å²) in [5.41, 5.74) is 1.30. The molecule has 1 aromatic carbocycles. The van der Waals surface area contributed by atoms with E-state index < -0.39 is 0 Å². The molecule has 5 nitrogen and oxygen atoms in total. The molecule has 118 valence electrons. The van der Waals surface area contributed by atoms with Gasteiger partial charge in [-0.3, -0.25) is 4.90 Å². The number of aromatic nitrogens is 3. The van der Waals surface area contributed by atoms with Crippen molar-refractivity contribution in [3.8, 4) is 0 Å². The summed E-state index contributed by atoms with van der Waals surface area (Å²) in [5, 5.41) is 8.92. The molecule has 1 aromatic heterocycles. The summed E-state index contributed by atoms with van der Waals surface area (Å²) in [6.45, 7) is 4.68. The van der Waals surface area contributed by atoms with Crippen molar-refractivity contribution in [1.29, 1.82) is 0 Å². The third-order valence-electron chi connectivity index (χ3n) is 4.21. The van der Waals surface area contributed by atoms with Gasteiger partial charge in [0, 0.05) is 31.2 Å². The van der Waals surface area contributed by atoms with Crippen LogP contribution < -0.4 is 0 Å². The van der Waals surface area contributed by atoms with E-state index in [0.29, 0.717) is 12.6 Å². The van der Waals surface area contributed by atoms with Crippen molar-refractivity contribution in [1.82, 2.24) is 19.7 Å². The first-order chi connectivity index (χ1) is 10.7. The van der Waals surface area contributed by atoms with Gasteiger partial charge in [-0.2, -0.15) is 0 Å². The number of ether oxygens (including phenoxy) is 1. The van der Waals surface area contributed by atoms with Crippen LogP contribution in [0.15, 0.2) is 30.6 Å². The SMILES string of the molecule is CC[C@@H](c1ccc(Cl)cc1)N1CCO[C@H](c2nncn2C)C1. The zero-order valence-corrected chi connectivity index (χ0v) is 13.7. The second-order valence-corrected chi connectivity index (χ2v) is 6.07. The average Bonchev–Trinajstić information content (AvgIpc) is 2.96. The van der Waals surface area contributed by atoms with Crippen LogP contribution in [0.2, 0.25) is 5.02 Å². The Bertz CT molecular complexity index is 613. The van der Waals surface area contributed by atoms with Crippen molar-refractivity contribution in [3.05, 3.63) is 47.0 Å². The lowest BCUT2D eigenvalue weighted by atomic mass is 10.0. The lowest BCUT2D eigenvalue weighted by Gasteiger charge is -2.37. The highest BCUT2D eigenvalue weighted by molar-refractivity contribution is 6.30. The van der Waals surface area contributed by atoms with Crippen molar-refractivity contribution in [2.24, 2.45) is 7.05 Å². The number of aryl methyl sites for hydroxylation is 1. The Morgan fingerprint density at radius 3 is 2.77 bits per heavy atom. The minimum Gasteiger partial charge on any atom is -0.368 e. The molecule has 0 radical (unpaired) electrons. The van der Waals surface area contributed by atoms with Crippen LogP contribution in [-0.2, 0) is 11.8 Å². The van der Waals surface area contributed by atoms with Gasteiger partial charge in [-0.05, 0) is 24.1 Å². The van der Waals surface area contributed by atoms with Crippen LogP contribution in [0.3, 0.4) is 0 Å². The van der Waals surface area contributed by atoms with E-state index in [-0.39, 0.29) is 6.10 Å². The Hall–Kier alpha value is -1.43. The standard InChI is InChI=1S/C16H21ClN4O/c1-3-14(12-4-6-13(17)7-5-12)21-8-9-22-15(10-21)16-19-18-11-20(16)2/h4-7,11,14-15H,3,8-10H2,1-2H3/t14-,15-/m0/s1.